The van der Waals surface area contributed by atoms with E-state index in [1.54, 1.807) is 0 Å². The highest BCUT2D eigenvalue weighted by Crippen LogP contribution is 2.23. The predicted molar refractivity (Wildman–Crippen MR) is 118 cm³/mol. The Balaban J connectivity index is 1.67. The number of aryl methyl sites for hydroxylation is 3. The van der Waals surface area contributed by atoms with Crippen LogP contribution < -0.4 is 9.47 Å². The van der Waals surface area contributed by atoms with Crippen LogP contribution in [0.5, 0.6) is 11.5 Å². The summed E-state index contributed by atoms with van der Waals surface area (Å²) in [5, 5.41) is 0. The van der Waals surface area contributed by atoms with Crippen molar-refractivity contribution in [2.24, 2.45) is 0 Å². The summed E-state index contributed by atoms with van der Waals surface area (Å²) in [6.07, 6.45) is 7.57. The highest BCUT2D eigenvalue weighted by Gasteiger charge is 2.15. The fraction of sp³-hybridized carbons (Fsp3) is 0.400. The zero-order chi connectivity index (χ0) is 20.9. The molecule has 0 saturated carbocycles. The smallest absolute Gasteiger partial charge is 0.122 e. The van der Waals surface area contributed by atoms with E-state index in [1.807, 2.05) is 18.7 Å². The second-order valence-corrected chi connectivity index (χ2v) is 8.67. The van der Waals surface area contributed by atoms with Gasteiger partial charge in [-0.05, 0) is 82.3 Å². The van der Waals surface area contributed by atoms with Crippen molar-refractivity contribution in [3.05, 3.63) is 77.9 Å². The van der Waals surface area contributed by atoms with E-state index in [0.29, 0.717) is 0 Å². The van der Waals surface area contributed by atoms with Gasteiger partial charge in [-0.1, -0.05) is 24.3 Å². The van der Waals surface area contributed by atoms with Crippen molar-refractivity contribution in [2.45, 2.75) is 65.7 Å². The Morgan fingerprint density at radius 2 is 1.79 bits per heavy atom. The van der Waals surface area contributed by atoms with Gasteiger partial charge in [0.25, 0.3) is 0 Å². The van der Waals surface area contributed by atoms with Crippen molar-refractivity contribution in [2.75, 3.05) is 0 Å². The van der Waals surface area contributed by atoms with Gasteiger partial charge in [-0.25, -0.2) is 4.98 Å². The molecule has 0 bridgehead atoms. The van der Waals surface area contributed by atoms with Crippen LogP contribution in [0.3, 0.4) is 0 Å². The molecule has 1 heterocycles. The molecule has 0 amide bonds. The van der Waals surface area contributed by atoms with Gasteiger partial charge in [0.15, 0.2) is 0 Å². The lowest BCUT2D eigenvalue weighted by atomic mass is 10.1. The van der Waals surface area contributed by atoms with Gasteiger partial charge in [-0.3, -0.25) is 0 Å². The molecule has 0 aliphatic rings. The fourth-order valence-electron chi connectivity index (χ4n) is 3.24. The third-order valence-electron chi connectivity index (χ3n) is 4.71. The van der Waals surface area contributed by atoms with Crippen molar-refractivity contribution in [3.8, 4) is 11.5 Å². The highest BCUT2D eigenvalue weighted by molar-refractivity contribution is 5.36. The first-order valence-electron chi connectivity index (χ1n) is 10.3. The molecule has 4 heteroatoms. The molecule has 0 fully saturated rings. The number of benzene rings is 2. The minimum absolute atomic E-state index is 0.0650. The minimum Gasteiger partial charge on any atom is -0.488 e. The SMILES string of the molecule is Cc1ccc(C)c(OC(CCc2ccc(OC(C)(C)C)cc2)Cn2ccnc2)c1. The molecule has 0 N–H and O–H groups in total. The normalized spacial score (nSPS) is 12.6. The Morgan fingerprint density at radius 3 is 2.45 bits per heavy atom. The van der Waals surface area contributed by atoms with Crippen molar-refractivity contribution in [3.63, 3.8) is 0 Å². The third-order valence-corrected chi connectivity index (χ3v) is 4.71. The molecule has 3 rings (SSSR count). The number of nitrogens with zero attached hydrogens (tertiary/aromatic N) is 2. The van der Waals surface area contributed by atoms with Gasteiger partial charge in [0, 0.05) is 12.4 Å². The Bertz CT molecular complexity index is 894. The van der Waals surface area contributed by atoms with E-state index in [4.69, 9.17) is 9.47 Å². The molecule has 1 atom stereocenters. The standard InChI is InChI=1S/C25H32N2O2/c1-19-6-7-20(2)24(16-19)28-23(17-27-15-14-26-18-27)13-10-21-8-11-22(12-9-21)29-25(3,4)5/h6-9,11-12,14-16,18,23H,10,13,17H2,1-5H3. The molecule has 29 heavy (non-hydrogen) atoms. The van der Waals surface area contributed by atoms with Gasteiger partial charge in [-0.2, -0.15) is 0 Å². The van der Waals surface area contributed by atoms with Gasteiger partial charge < -0.3 is 14.0 Å². The molecular formula is C25H32N2O2. The van der Waals surface area contributed by atoms with E-state index in [0.717, 1.165) is 36.4 Å². The maximum Gasteiger partial charge on any atom is 0.122 e. The van der Waals surface area contributed by atoms with Crippen molar-refractivity contribution < 1.29 is 9.47 Å². The van der Waals surface area contributed by atoms with Crippen LogP contribution in [0.25, 0.3) is 0 Å². The number of imidazole rings is 1. The Hall–Kier alpha value is -2.75. The quantitative estimate of drug-likeness (QED) is 0.489. The van der Waals surface area contributed by atoms with Crippen LogP contribution in [0.1, 0.15) is 43.9 Å². The van der Waals surface area contributed by atoms with E-state index in [-0.39, 0.29) is 11.7 Å². The molecular weight excluding hydrogens is 360 g/mol. The van der Waals surface area contributed by atoms with Crippen LogP contribution in [-0.2, 0) is 13.0 Å². The van der Waals surface area contributed by atoms with E-state index >= 15 is 0 Å². The summed E-state index contributed by atoms with van der Waals surface area (Å²) in [5.74, 6) is 1.87. The molecule has 1 unspecified atom stereocenters. The van der Waals surface area contributed by atoms with Crippen LogP contribution in [0.2, 0.25) is 0 Å². The minimum atomic E-state index is -0.184. The zero-order valence-electron chi connectivity index (χ0n) is 18.2. The van der Waals surface area contributed by atoms with Crippen molar-refractivity contribution >= 4 is 0 Å². The lowest BCUT2D eigenvalue weighted by molar-refractivity contribution is 0.131. The first-order chi connectivity index (χ1) is 13.8. The molecule has 0 saturated heterocycles. The van der Waals surface area contributed by atoms with E-state index in [9.17, 15) is 0 Å². The lowest BCUT2D eigenvalue weighted by Crippen LogP contribution is -2.24. The average molecular weight is 393 g/mol. The Kier molecular flexibility index (Phi) is 6.63. The Morgan fingerprint density at radius 1 is 1.03 bits per heavy atom. The lowest BCUT2D eigenvalue weighted by Gasteiger charge is -2.22. The van der Waals surface area contributed by atoms with E-state index in [1.165, 1.54) is 11.1 Å². The number of aromatic nitrogens is 2. The van der Waals surface area contributed by atoms with Crippen LogP contribution in [0.15, 0.2) is 61.2 Å². The number of ether oxygens (including phenoxy) is 2. The summed E-state index contributed by atoms with van der Waals surface area (Å²) in [5.41, 5.74) is 3.47. The molecule has 0 aliphatic carbocycles. The summed E-state index contributed by atoms with van der Waals surface area (Å²) in [7, 11) is 0. The van der Waals surface area contributed by atoms with Crippen LogP contribution in [0, 0.1) is 13.8 Å². The largest absolute Gasteiger partial charge is 0.488 e. The Labute approximate surface area is 174 Å². The van der Waals surface area contributed by atoms with Crippen LogP contribution >= 0.6 is 0 Å². The highest BCUT2D eigenvalue weighted by atomic mass is 16.5. The first kappa shape index (κ1) is 21.0. The van der Waals surface area contributed by atoms with Gasteiger partial charge >= 0.3 is 0 Å². The summed E-state index contributed by atoms with van der Waals surface area (Å²) < 4.78 is 14.4. The second kappa shape index (κ2) is 9.17. The molecule has 0 aliphatic heterocycles. The van der Waals surface area contributed by atoms with Gasteiger partial charge in [0.05, 0.1) is 12.9 Å². The van der Waals surface area contributed by atoms with E-state index < -0.39 is 0 Å². The molecule has 1 aromatic heterocycles. The molecule has 0 spiro atoms. The predicted octanol–water partition coefficient (Wildman–Crippen LogP) is 5.76. The number of rotatable bonds is 8. The topological polar surface area (TPSA) is 36.3 Å². The maximum atomic E-state index is 6.44. The number of hydrogen-bond acceptors (Lipinski definition) is 3. The molecule has 154 valence electrons. The van der Waals surface area contributed by atoms with Gasteiger partial charge in [-0.15, -0.1) is 0 Å². The molecule has 4 nitrogen and oxygen atoms in total. The average Bonchev–Trinajstić information content (AvgIpc) is 3.16. The van der Waals surface area contributed by atoms with Crippen molar-refractivity contribution in [1.29, 1.82) is 0 Å². The zero-order valence-corrected chi connectivity index (χ0v) is 18.2. The fourth-order valence-corrected chi connectivity index (χ4v) is 3.24. The van der Waals surface area contributed by atoms with Crippen molar-refractivity contribution in [1.82, 2.24) is 9.55 Å². The number of hydrogen-bond donors (Lipinski definition) is 0. The van der Waals surface area contributed by atoms with E-state index in [2.05, 4.69) is 86.6 Å². The third kappa shape index (κ3) is 6.67. The first-order valence-corrected chi connectivity index (χ1v) is 10.3. The maximum absolute atomic E-state index is 6.44. The summed E-state index contributed by atoms with van der Waals surface area (Å²) in [4.78, 5) is 4.16. The van der Waals surface area contributed by atoms with Gasteiger partial charge in [0.1, 0.15) is 23.2 Å². The summed E-state index contributed by atoms with van der Waals surface area (Å²) >= 11 is 0. The monoisotopic (exact) mass is 392 g/mol. The summed E-state index contributed by atoms with van der Waals surface area (Å²) in [6, 6.07) is 14.8. The van der Waals surface area contributed by atoms with Gasteiger partial charge in [0.2, 0.25) is 0 Å². The molecule has 0 radical (unpaired) electrons. The molecule has 2 aromatic carbocycles. The molecule has 3 aromatic rings. The summed E-state index contributed by atoms with van der Waals surface area (Å²) in [6.45, 7) is 11.2. The van der Waals surface area contributed by atoms with Crippen LogP contribution in [0.4, 0.5) is 0 Å². The second-order valence-electron chi connectivity index (χ2n) is 8.67. The van der Waals surface area contributed by atoms with Crippen LogP contribution in [-0.4, -0.2) is 21.3 Å².